The SMILES string of the molecule is Nc1c(S(=O)(=O)C(F)(F)F)c(OC(F)F)nn1-c1c(Cl)cc(Cl)cc1Cl. The van der Waals surface area contributed by atoms with E-state index >= 15 is 0 Å². The number of halogens is 8. The van der Waals surface area contributed by atoms with Crippen LogP contribution >= 0.6 is 34.8 Å². The highest BCUT2D eigenvalue weighted by Gasteiger charge is 2.51. The van der Waals surface area contributed by atoms with Crippen molar-refractivity contribution in [3.05, 3.63) is 27.2 Å². The van der Waals surface area contributed by atoms with Crippen LogP contribution in [0.5, 0.6) is 5.88 Å². The maximum Gasteiger partial charge on any atom is 0.502 e. The van der Waals surface area contributed by atoms with Crippen LogP contribution in [0.1, 0.15) is 0 Å². The van der Waals surface area contributed by atoms with Crippen LogP contribution in [-0.2, 0) is 9.84 Å². The lowest BCUT2D eigenvalue weighted by Gasteiger charge is -2.10. The van der Waals surface area contributed by atoms with Crippen LogP contribution in [0.4, 0.5) is 27.8 Å². The van der Waals surface area contributed by atoms with E-state index in [4.69, 9.17) is 40.5 Å². The minimum atomic E-state index is -6.18. The van der Waals surface area contributed by atoms with Crippen molar-refractivity contribution in [2.75, 3.05) is 5.73 Å². The average molecular weight is 461 g/mol. The molecular weight excluding hydrogens is 456 g/mol. The number of aromatic nitrogens is 2. The summed E-state index contributed by atoms with van der Waals surface area (Å²) in [4.78, 5) is -1.80. The first kappa shape index (κ1) is 20.8. The van der Waals surface area contributed by atoms with Crippen LogP contribution < -0.4 is 10.5 Å². The molecule has 0 radical (unpaired) electrons. The molecule has 1 heterocycles. The predicted octanol–water partition coefficient (Wildman–Crippen LogP) is 4.31. The smallest absolute Gasteiger partial charge is 0.414 e. The van der Waals surface area contributed by atoms with Crippen molar-refractivity contribution in [3.8, 4) is 11.6 Å². The van der Waals surface area contributed by atoms with Gasteiger partial charge in [-0.1, -0.05) is 34.8 Å². The van der Waals surface area contributed by atoms with Crippen LogP contribution in [0, 0.1) is 0 Å². The van der Waals surface area contributed by atoms with Crippen LogP contribution in [0.25, 0.3) is 5.69 Å². The first-order valence-electron chi connectivity index (χ1n) is 6.07. The number of benzene rings is 1. The molecule has 6 nitrogen and oxygen atoms in total. The summed E-state index contributed by atoms with van der Waals surface area (Å²) < 4.78 is 91.0. The summed E-state index contributed by atoms with van der Waals surface area (Å²) in [6, 6.07) is 2.19. The molecule has 26 heavy (non-hydrogen) atoms. The molecule has 1 aromatic carbocycles. The first-order chi connectivity index (χ1) is 11.8. The van der Waals surface area contributed by atoms with E-state index in [1.54, 1.807) is 0 Å². The number of hydrogen-bond acceptors (Lipinski definition) is 5. The normalized spacial score (nSPS) is 12.7. The van der Waals surface area contributed by atoms with Gasteiger partial charge in [0.15, 0.2) is 10.7 Å². The second-order valence-electron chi connectivity index (χ2n) is 4.48. The number of anilines is 1. The maximum atomic E-state index is 12.8. The molecule has 0 saturated carbocycles. The molecule has 2 aromatic rings. The Morgan fingerprint density at radius 1 is 1.15 bits per heavy atom. The summed E-state index contributed by atoms with van der Waals surface area (Å²) in [6.45, 7) is -3.68. The van der Waals surface area contributed by atoms with Crippen LogP contribution in [-0.4, -0.2) is 30.3 Å². The van der Waals surface area contributed by atoms with Gasteiger partial charge in [-0.2, -0.15) is 22.0 Å². The van der Waals surface area contributed by atoms with E-state index in [9.17, 15) is 30.4 Å². The van der Waals surface area contributed by atoms with Gasteiger partial charge in [-0.25, -0.2) is 13.1 Å². The van der Waals surface area contributed by atoms with Crippen molar-refractivity contribution >= 4 is 50.5 Å². The Bertz CT molecular complexity index is 939. The zero-order valence-corrected chi connectivity index (χ0v) is 14.9. The minimum Gasteiger partial charge on any atom is -0.414 e. The van der Waals surface area contributed by atoms with E-state index in [1.807, 2.05) is 0 Å². The highest BCUT2D eigenvalue weighted by atomic mass is 35.5. The summed E-state index contributed by atoms with van der Waals surface area (Å²) in [5.41, 5.74) is -0.832. The van der Waals surface area contributed by atoms with Crippen molar-refractivity contribution in [3.63, 3.8) is 0 Å². The Morgan fingerprint density at radius 3 is 2.08 bits per heavy atom. The first-order valence-corrected chi connectivity index (χ1v) is 8.68. The number of nitrogens with two attached hydrogens (primary N) is 1. The van der Waals surface area contributed by atoms with E-state index in [0.717, 1.165) is 12.1 Å². The number of ether oxygens (including phenoxy) is 1. The summed E-state index contributed by atoms with van der Waals surface area (Å²) in [7, 11) is -6.18. The summed E-state index contributed by atoms with van der Waals surface area (Å²) in [5, 5.41) is 2.69. The lowest BCUT2D eigenvalue weighted by molar-refractivity contribution is -0.0570. The van der Waals surface area contributed by atoms with Gasteiger partial charge in [0, 0.05) is 5.02 Å². The fraction of sp³-hybridized carbons (Fsp3) is 0.182. The number of alkyl halides is 5. The molecule has 0 aliphatic heterocycles. The van der Waals surface area contributed by atoms with E-state index in [2.05, 4.69) is 9.84 Å². The van der Waals surface area contributed by atoms with E-state index in [0.29, 0.717) is 4.68 Å². The molecule has 2 rings (SSSR count). The van der Waals surface area contributed by atoms with Gasteiger partial charge in [-0.15, -0.1) is 5.10 Å². The number of nitrogens with zero attached hydrogens (tertiary/aromatic N) is 2. The molecule has 1 aromatic heterocycles. The Morgan fingerprint density at radius 2 is 1.65 bits per heavy atom. The molecular formula is C11H5Cl3F5N3O3S. The molecule has 2 N–H and O–H groups in total. The van der Waals surface area contributed by atoms with Gasteiger partial charge in [-0.3, -0.25) is 0 Å². The second kappa shape index (κ2) is 6.91. The quantitative estimate of drug-likeness (QED) is 0.687. The van der Waals surface area contributed by atoms with E-state index in [1.165, 1.54) is 0 Å². The monoisotopic (exact) mass is 459 g/mol. The van der Waals surface area contributed by atoms with Gasteiger partial charge < -0.3 is 10.5 Å². The Balaban J connectivity index is 2.85. The van der Waals surface area contributed by atoms with Crippen LogP contribution in [0.2, 0.25) is 15.1 Å². The molecule has 0 atom stereocenters. The Kier molecular flexibility index (Phi) is 5.53. The molecule has 0 aliphatic carbocycles. The van der Waals surface area contributed by atoms with Gasteiger partial charge in [0.25, 0.3) is 15.7 Å². The Labute approximate surface area is 157 Å². The number of nitrogen functional groups attached to an aromatic ring is 1. The van der Waals surface area contributed by atoms with E-state index < -0.39 is 44.2 Å². The van der Waals surface area contributed by atoms with Crippen molar-refractivity contribution in [2.24, 2.45) is 0 Å². The summed E-state index contributed by atoms with van der Waals surface area (Å²) >= 11 is 17.4. The molecule has 0 amide bonds. The molecule has 0 unspecified atom stereocenters. The summed E-state index contributed by atoms with van der Waals surface area (Å²) in [6.07, 6.45) is 0. The van der Waals surface area contributed by atoms with Crippen molar-refractivity contribution in [2.45, 2.75) is 17.0 Å². The van der Waals surface area contributed by atoms with Crippen LogP contribution in [0.15, 0.2) is 17.0 Å². The Hall–Kier alpha value is -1.50. The van der Waals surface area contributed by atoms with Crippen molar-refractivity contribution < 1.29 is 35.1 Å². The van der Waals surface area contributed by atoms with Crippen molar-refractivity contribution in [1.82, 2.24) is 9.78 Å². The molecule has 0 saturated heterocycles. The van der Waals surface area contributed by atoms with Gasteiger partial charge in [-0.05, 0) is 12.1 Å². The predicted molar refractivity (Wildman–Crippen MR) is 82.9 cm³/mol. The summed E-state index contributed by atoms with van der Waals surface area (Å²) in [5.74, 6) is -2.76. The fourth-order valence-corrected chi connectivity index (χ4v) is 3.72. The molecule has 15 heteroatoms. The zero-order chi connectivity index (χ0) is 20.0. The number of hydrogen-bond donors (Lipinski definition) is 1. The third-order valence-corrected chi connectivity index (χ3v) is 5.14. The van der Waals surface area contributed by atoms with Gasteiger partial charge in [0.05, 0.1) is 10.0 Å². The maximum absolute atomic E-state index is 12.8. The molecule has 0 fully saturated rings. The highest BCUT2D eigenvalue weighted by Crippen LogP contribution is 2.42. The lowest BCUT2D eigenvalue weighted by atomic mass is 10.3. The number of rotatable bonds is 4. The topological polar surface area (TPSA) is 87.2 Å². The highest BCUT2D eigenvalue weighted by molar-refractivity contribution is 7.92. The zero-order valence-electron chi connectivity index (χ0n) is 11.9. The van der Waals surface area contributed by atoms with Gasteiger partial charge in [0.2, 0.25) is 0 Å². The van der Waals surface area contributed by atoms with E-state index in [-0.39, 0.29) is 15.1 Å². The van der Waals surface area contributed by atoms with Crippen LogP contribution in [0.3, 0.4) is 0 Å². The third-order valence-electron chi connectivity index (χ3n) is 2.81. The number of sulfone groups is 1. The van der Waals surface area contributed by atoms with Crippen molar-refractivity contribution in [1.29, 1.82) is 0 Å². The molecule has 0 aliphatic rings. The largest absolute Gasteiger partial charge is 0.502 e. The molecule has 0 bridgehead atoms. The standard InChI is InChI=1S/C11H5Cl3F5N3O3S/c12-3-1-4(13)6(5(14)2-3)22-8(20)7(9(21-22)25-10(15)16)26(23,24)11(17,18)19/h1-2,10H,20H2. The third kappa shape index (κ3) is 3.63. The fourth-order valence-electron chi connectivity index (χ4n) is 1.83. The lowest BCUT2D eigenvalue weighted by Crippen LogP contribution is -2.24. The second-order valence-corrected chi connectivity index (χ2v) is 7.61. The van der Waals surface area contributed by atoms with Gasteiger partial charge >= 0.3 is 12.1 Å². The molecule has 144 valence electrons. The molecule has 0 spiro atoms. The average Bonchev–Trinajstić information content (AvgIpc) is 2.72. The van der Waals surface area contributed by atoms with Gasteiger partial charge in [0.1, 0.15) is 5.69 Å². The minimum absolute atomic E-state index is 0.0293.